The fourth-order valence-corrected chi connectivity index (χ4v) is 3.35. The van der Waals surface area contributed by atoms with E-state index in [9.17, 15) is 0 Å². The first-order valence-electron chi connectivity index (χ1n) is 8.08. The summed E-state index contributed by atoms with van der Waals surface area (Å²) in [6.07, 6.45) is 2.50. The third-order valence-corrected chi connectivity index (χ3v) is 4.52. The molecule has 22 heavy (non-hydrogen) atoms. The SMILES string of the molecule is Cc1nc(N(C)C)ccc1[C@@H]1CCCN1Cc1ccccc1. The highest BCUT2D eigenvalue weighted by Crippen LogP contribution is 2.34. The highest BCUT2D eigenvalue weighted by molar-refractivity contribution is 5.41. The van der Waals surface area contributed by atoms with Crippen molar-refractivity contribution in [3.8, 4) is 0 Å². The Hall–Kier alpha value is -1.87. The number of aryl methyl sites for hydroxylation is 1. The van der Waals surface area contributed by atoms with E-state index in [0.717, 1.165) is 18.1 Å². The summed E-state index contributed by atoms with van der Waals surface area (Å²) in [5.74, 6) is 1.04. The Morgan fingerprint density at radius 3 is 2.59 bits per heavy atom. The minimum absolute atomic E-state index is 0.504. The number of benzene rings is 1. The van der Waals surface area contributed by atoms with E-state index in [1.165, 1.54) is 30.5 Å². The van der Waals surface area contributed by atoms with Gasteiger partial charge < -0.3 is 4.90 Å². The molecule has 1 fully saturated rings. The second-order valence-electron chi connectivity index (χ2n) is 6.35. The molecule has 1 aromatic heterocycles. The van der Waals surface area contributed by atoms with Gasteiger partial charge in [0.05, 0.1) is 0 Å². The molecule has 0 saturated carbocycles. The number of nitrogens with zero attached hydrogens (tertiary/aromatic N) is 3. The number of pyridine rings is 1. The monoisotopic (exact) mass is 295 g/mol. The van der Waals surface area contributed by atoms with E-state index in [1.807, 2.05) is 14.1 Å². The van der Waals surface area contributed by atoms with Crippen molar-refractivity contribution in [2.75, 3.05) is 25.5 Å². The van der Waals surface area contributed by atoms with Crippen molar-refractivity contribution in [3.63, 3.8) is 0 Å². The molecule has 0 aliphatic carbocycles. The lowest BCUT2D eigenvalue weighted by atomic mass is 10.0. The summed E-state index contributed by atoms with van der Waals surface area (Å²) in [4.78, 5) is 9.41. The van der Waals surface area contributed by atoms with E-state index < -0.39 is 0 Å². The molecule has 2 heterocycles. The van der Waals surface area contributed by atoms with Crippen molar-refractivity contribution in [1.29, 1.82) is 0 Å². The molecular formula is C19H25N3. The average Bonchev–Trinajstić information content (AvgIpc) is 2.96. The number of hydrogen-bond donors (Lipinski definition) is 0. The lowest BCUT2D eigenvalue weighted by Gasteiger charge is -2.26. The molecule has 0 radical (unpaired) electrons. The largest absolute Gasteiger partial charge is 0.363 e. The summed E-state index contributed by atoms with van der Waals surface area (Å²) in [6, 6.07) is 15.7. The van der Waals surface area contributed by atoms with Crippen LogP contribution in [0.5, 0.6) is 0 Å². The molecule has 1 saturated heterocycles. The maximum Gasteiger partial charge on any atom is 0.128 e. The van der Waals surface area contributed by atoms with Crippen LogP contribution in [0.3, 0.4) is 0 Å². The van der Waals surface area contributed by atoms with Crippen LogP contribution in [0.1, 0.15) is 35.7 Å². The number of anilines is 1. The van der Waals surface area contributed by atoms with Gasteiger partial charge in [0, 0.05) is 32.4 Å². The van der Waals surface area contributed by atoms with Gasteiger partial charge in [-0.25, -0.2) is 4.98 Å². The fraction of sp³-hybridized carbons (Fsp3) is 0.421. The number of aromatic nitrogens is 1. The Bertz CT molecular complexity index is 622. The first kappa shape index (κ1) is 15.0. The van der Waals surface area contributed by atoms with Crippen molar-refractivity contribution >= 4 is 5.82 Å². The number of likely N-dealkylation sites (tertiary alicyclic amines) is 1. The molecule has 1 aliphatic rings. The van der Waals surface area contributed by atoms with Gasteiger partial charge in [0.15, 0.2) is 0 Å². The lowest BCUT2D eigenvalue weighted by molar-refractivity contribution is 0.247. The van der Waals surface area contributed by atoms with E-state index in [1.54, 1.807) is 0 Å². The van der Waals surface area contributed by atoms with E-state index in [-0.39, 0.29) is 0 Å². The summed E-state index contributed by atoms with van der Waals surface area (Å²) >= 11 is 0. The van der Waals surface area contributed by atoms with Crippen molar-refractivity contribution in [1.82, 2.24) is 9.88 Å². The maximum atomic E-state index is 4.76. The zero-order chi connectivity index (χ0) is 15.5. The van der Waals surface area contributed by atoms with Crippen LogP contribution in [0.2, 0.25) is 0 Å². The smallest absolute Gasteiger partial charge is 0.128 e. The molecule has 0 bridgehead atoms. The molecular weight excluding hydrogens is 270 g/mol. The van der Waals surface area contributed by atoms with Gasteiger partial charge in [0.2, 0.25) is 0 Å². The molecule has 0 spiro atoms. The van der Waals surface area contributed by atoms with Crippen molar-refractivity contribution in [2.45, 2.75) is 32.4 Å². The second-order valence-corrected chi connectivity index (χ2v) is 6.35. The summed E-state index contributed by atoms with van der Waals surface area (Å²) in [6.45, 7) is 4.34. The van der Waals surface area contributed by atoms with E-state index in [0.29, 0.717) is 6.04 Å². The Morgan fingerprint density at radius 2 is 1.91 bits per heavy atom. The van der Waals surface area contributed by atoms with E-state index >= 15 is 0 Å². The highest BCUT2D eigenvalue weighted by Gasteiger charge is 2.27. The molecule has 1 aromatic carbocycles. The Labute approximate surface area is 133 Å². The molecule has 0 N–H and O–H groups in total. The second kappa shape index (κ2) is 6.49. The Balaban J connectivity index is 1.81. The quantitative estimate of drug-likeness (QED) is 0.855. The number of rotatable bonds is 4. The van der Waals surface area contributed by atoms with Gasteiger partial charge in [-0.15, -0.1) is 0 Å². The summed E-state index contributed by atoms with van der Waals surface area (Å²) in [7, 11) is 4.08. The highest BCUT2D eigenvalue weighted by atomic mass is 15.2. The van der Waals surface area contributed by atoms with Gasteiger partial charge in [-0.1, -0.05) is 36.4 Å². The topological polar surface area (TPSA) is 19.4 Å². The summed E-state index contributed by atoms with van der Waals surface area (Å²) < 4.78 is 0. The molecule has 116 valence electrons. The van der Waals surface area contributed by atoms with Gasteiger partial charge in [0.1, 0.15) is 5.82 Å². The van der Waals surface area contributed by atoms with Gasteiger partial charge >= 0.3 is 0 Å². The predicted octanol–water partition coefficient (Wildman–Crippen LogP) is 3.79. The summed E-state index contributed by atoms with van der Waals surface area (Å²) in [5, 5.41) is 0. The maximum absolute atomic E-state index is 4.76. The molecule has 3 rings (SSSR count). The average molecular weight is 295 g/mol. The van der Waals surface area contributed by atoms with Gasteiger partial charge in [-0.3, -0.25) is 4.90 Å². The normalized spacial score (nSPS) is 18.6. The Morgan fingerprint density at radius 1 is 1.14 bits per heavy atom. The van der Waals surface area contributed by atoms with E-state index in [2.05, 4.69) is 59.2 Å². The third-order valence-electron chi connectivity index (χ3n) is 4.52. The molecule has 3 heteroatoms. The first-order valence-corrected chi connectivity index (χ1v) is 8.08. The number of hydrogen-bond acceptors (Lipinski definition) is 3. The van der Waals surface area contributed by atoms with Crippen molar-refractivity contribution in [2.24, 2.45) is 0 Å². The van der Waals surface area contributed by atoms with Crippen LogP contribution in [0.25, 0.3) is 0 Å². The molecule has 1 aliphatic heterocycles. The summed E-state index contributed by atoms with van der Waals surface area (Å²) in [5.41, 5.74) is 3.94. The van der Waals surface area contributed by atoms with Crippen LogP contribution >= 0.6 is 0 Å². The van der Waals surface area contributed by atoms with Crippen LogP contribution in [0.4, 0.5) is 5.82 Å². The van der Waals surface area contributed by atoms with E-state index in [4.69, 9.17) is 4.98 Å². The fourth-order valence-electron chi connectivity index (χ4n) is 3.35. The van der Waals surface area contributed by atoms with Crippen molar-refractivity contribution in [3.05, 3.63) is 59.3 Å². The van der Waals surface area contributed by atoms with Crippen LogP contribution in [-0.2, 0) is 6.54 Å². The Kier molecular flexibility index (Phi) is 4.44. The molecule has 1 atom stereocenters. The van der Waals surface area contributed by atoms with Gasteiger partial charge in [-0.2, -0.15) is 0 Å². The standard InChI is InChI=1S/C19H25N3/c1-15-17(11-12-19(20-15)21(2)3)18-10-7-13-22(18)14-16-8-5-4-6-9-16/h4-6,8-9,11-12,18H,7,10,13-14H2,1-3H3/t18-/m0/s1. The van der Waals surface area contributed by atoms with Crippen molar-refractivity contribution < 1.29 is 0 Å². The molecule has 0 unspecified atom stereocenters. The van der Waals surface area contributed by atoms with Gasteiger partial charge in [-0.05, 0) is 43.5 Å². The predicted molar refractivity (Wildman–Crippen MR) is 92.1 cm³/mol. The third kappa shape index (κ3) is 3.14. The minimum atomic E-state index is 0.504. The zero-order valence-electron chi connectivity index (χ0n) is 13.8. The first-order chi connectivity index (χ1) is 10.6. The molecule has 3 nitrogen and oxygen atoms in total. The van der Waals surface area contributed by atoms with Crippen LogP contribution in [0.15, 0.2) is 42.5 Å². The van der Waals surface area contributed by atoms with Gasteiger partial charge in [0.25, 0.3) is 0 Å². The van der Waals surface area contributed by atoms with Crippen LogP contribution in [-0.4, -0.2) is 30.5 Å². The lowest BCUT2D eigenvalue weighted by Crippen LogP contribution is -2.24. The van der Waals surface area contributed by atoms with Crippen LogP contribution in [0, 0.1) is 6.92 Å². The van der Waals surface area contributed by atoms with Crippen LogP contribution < -0.4 is 4.90 Å². The minimum Gasteiger partial charge on any atom is -0.363 e. The molecule has 2 aromatic rings. The molecule has 0 amide bonds. The zero-order valence-corrected chi connectivity index (χ0v) is 13.8.